The topological polar surface area (TPSA) is 50.2 Å². The molecular weight excluding hydrogens is 336 g/mol. The van der Waals surface area contributed by atoms with Gasteiger partial charge in [-0.15, -0.1) is 0 Å². The van der Waals surface area contributed by atoms with E-state index in [9.17, 15) is 4.79 Å². The lowest BCUT2D eigenvalue weighted by Gasteiger charge is -2.22. The van der Waals surface area contributed by atoms with Gasteiger partial charge in [0.2, 0.25) is 0 Å². The van der Waals surface area contributed by atoms with Crippen molar-refractivity contribution in [2.24, 2.45) is 0 Å². The van der Waals surface area contributed by atoms with Gasteiger partial charge in [-0.1, -0.05) is 49.4 Å². The molecule has 1 aromatic heterocycles. The van der Waals surface area contributed by atoms with Crippen LogP contribution in [0.1, 0.15) is 30.8 Å². The van der Waals surface area contributed by atoms with Crippen LogP contribution in [-0.2, 0) is 6.54 Å². The minimum absolute atomic E-state index is 0.0207. The van der Waals surface area contributed by atoms with Crippen LogP contribution in [0.5, 0.6) is 0 Å². The van der Waals surface area contributed by atoms with Gasteiger partial charge in [0, 0.05) is 13.1 Å². The lowest BCUT2D eigenvalue weighted by atomic mass is 10.1. The van der Waals surface area contributed by atoms with Crippen LogP contribution in [0.2, 0.25) is 0 Å². The van der Waals surface area contributed by atoms with E-state index >= 15 is 0 Å². The maximum absolute atomic E-state index is 13.2. The van der Waals surface area contributed by atoms with Crippen molar-refractivity contribution in [3.63, 3.8) is 0 Å². The molecule has 5 nitrogen and oxygen atoms in total. The summed E-state index contributed by atoms with van der Waals surface area (Å²) in [7, 11) is 4.12. The second-order valence-electron chi connectivity index (χ2n) is 7.08. The van der Waals surface area contributed by atoms with Gasteiger partial charge in [-0.3, -0.25) is 9.36 Å². The van der Waals surface area contributed by atoms with Gasteiger partial charge in [0.15, 0.2) is 0 Å². The van der Waals surface area contributed by atoms with E-state index < -0.39 is 0 Å². The lowest BCUT2D eigenvalue weighted by Crippen LogP contribution is -2.35. The molecule has 3 aromatic rings. The van der Waals surface area contributed by atoms with Crippen molar-refractivity contribution in [3.05, 3.63) is 76.3 Å². The van der Waals surface area contributed by atoms with Gasteiger partial charge in [0.05, 0.1) is 23.5 Å². The van der Waals surface area contributed by atoms with Gasteiger partial charge < -0.3 is 10.2 Å². The van der Waals surface area contributed by atoms with Crippen LogP contribution in [-0.4, -0.2) is 41.6 Å². The maximum Gasteiger partial charge on any atom is 0.261 e. The number of benzene rings is 2. The normalized spacial score (nSPS) is 12.6. The predicted octanol–water partition coefficient (Wildman–Crippen LogP) is 3.05. The van der Waals surface area contributed by atoms with Crippen LogP contribution in [0.4, 0.5) is 0 Å². The molecule has 0 radical (unpaired) electrons. The van der Waals surface area contributed by atoms with E-state index in [1.54, 1.807) is 0 Å². The second-order valence-corrected chi connectivity index (χ2v) is 7.08. The van der Waals surface area contributed by atoms with Crippen molar-refractivity contribution in [2.75, 3.05) is 27.2 Å². The van der Waals surface area contributed by atoms with E-state index in [4.69, 9.17) is 4.98 Å². The summed E-state index contributed by atoms with van der Waals surface area (Å²) in [6.45, 7) is 4.44. The van der Waals surface area contributed by atoms with E-state index in [-0.39, 0.29) is 11.6 Å². The second kappa shape index (κ2) is 8.93. The highest BCUT2D eigenvalue weighted by Gasteiger charge is 2.18. The molecule has 142 valence electrons. The lowest BCUT2D eigenvalue weighted by molar-refractivity contribution is 0.373. The van der Waals surface area contributed by atoms with Gasteiger partial charge in [-0.2, -0.15) is 0 Å². The van der Waals surface area contributed by atoms with Crippen molar-refractivity contribution < 1.29 is 0 Å². The standard InChI is InChI=1S/C22H28N4O/c1-4-19(23-14-15-25(2)3)21-24-20-13-9-8-12-18(20)22(27)26(21)16-17-10-6-5-7-11-17/h5-13,19,23H,4,14-16H2,1-3H3. The average molecular weight is 364 g/mol. The zero-order valence-electron chi connectivity index (χ0n) is 16.4. The largest absolute Gasteiger partial charge is 0.308 e. The van der Waals surface area contributed by atoms with E-state index in [0.717, 1.165) is 36.4 Å². The zero-order valence-corrected chi connectivity index (χ0v) is 16.4. The van der Waals surface area contributed by atoms with Crippen molar-refractivity contribution >= 4 is 10.9 Å². The maximum atomic E-state index is 13.2. The molecule has 0 amide bonds. The summed E-state index contributed by atoms with van der Waals surface area (Å²) in [6.07, 6.45) is 0.868. The Morgan fingerprint density at radius 3 is 2.48 bits per heavy atom. The quantitative estimate of drug-likeness (QED) is 0.667. The zero-order chi connectivity index (χ0) is 19.2. The van der Waals surface area contributed by atoms with Crippen LogP contribution in [0.3, 0.4) is 0 Å². The highest BCUT2D eigenvalue weighted by Crippen LogP contribution is 2.18. The van der Waals surface area contributed by atoms with Crippen LogP contribution >= 0.6 is 0 Å². The molecule has 0 aliphatic heterocycles. The Kier molecular flexibility index (Phi) is 6.37. The minimum Gasteiger partial charge on any atom is -0.308 e. The molecule has 5 heteroatoms. The van der Waals surface area contributed by atoms with E-state index in [1.807, 2.05) is 59.2 Å². The highest BCUT2D eigenvalue weighted by molar-refractivity contribution is 5.77. The number of hydrogen-bond acceptors (Lipinski definition) is 4. The fourth-order valence-corrected chi connectivity index (χ4v) is 3.25. The molecular formula is C22H28N4O. The third-order valence-corrected chi connectivity index (χ3v) is 4.74. The van der Waals surface area contributed by atoms with Gasteiger partial charge in [0.1, 0.15) is 5.82 Å². The molecule has 1 unspecified atom stereocenters. The first-order valence-electron chi connectivity index (χ1n) is 9.51. The third kappa shape index (κ3) is 4.62. The Balaban J connectivity index is 2.05. The fourth-order valence-electron chi connectivity index (χ4n) is 3.25. The molecule has 0 bridgehead atoms. The Labute approximate surface area is 160 Å². The first-order chi connectivity index (χ1) is 13.1. The van der Waals surface area contributed by atoms with Crippen molar-refractivity contribution in [1.29, 1.82) is 0 Å². The molecule has 0 fully saturated rings. The summed E-state index contributed by atoms with van der Waals surface area (Å²) in [5.74, 6) is 0.809. The van der Waals surface area contributed by atoms with Crippen LogP contribution in [0, 0.1) is 0 Å². The van der Waals surface area contributed by atoms with Crippen molar-refractivity contribution in [2.45, 2.75) is 25.9 Å². The molecule has 0 spiro atoms. The van der Waals surface area contributed by atoms with E-state index in [2.05, 4.69) is 31.2 Å². The number of likely N-dealkylation sites (N-methyl/N-ethyl adjacent to an activating group) is 1. The number of para-hydroxylation sites is 1. The molecule has 1 heterocycles. The average Bonchev–Trinajstić information content (AvgIpc) is 2.68. The number of rotatable bonds is 8. The van der Waals surface area contributed by atoms with Gasteiger partial charge >= 0.3 is 0 Å². The third-order valence-electron chi connectivity index (χ3n) is 4.74. The van der Waals surface area contributed by atoms with Crippen molar-refractivity contribution in [1.82, 2.24) is 19.8 Å². The van der Waals surface area contributed by atoms with Crippen LogP contribution in [0.25, 0.3) is 10.9 Å². The SMILES string of the molecule is CCC(NCCN(C)C)c1nc2ccccc2c(=O)n1Cc1ccccc1. The molecule has 3 rings (SSSR count). The van der Waals surface area contributed by atoms with Crippen molar-refractivity contribution in [3.8, 4) is 0 Å². The minimum atomic E-state index is 0.0207. The van der Waals surface area contributed by atoms with E-state index in [1.165, 1.54) is 0 Å². The first kappa shape index (κ1) is 19.3. The summed E-state index contributed by atoms with van der Waals surface area (Å²) < 4.78 is 1.83. The Hall–Kier alpha value is -2.50. The molecule has 1 atom stereocenters. The number of aromatic nitrogens is 2. The number of nitrogens with one attached hydrogen (secondary N) is 1. The molecule has 2 aromatic carbocycles. The smallest absolute Gasteiger partial charge is 0.261 e. The highest BCUT2D eigenvalue weighted by atomic mass is 16.1. The van der Waals surface area contributed by atoms with Crippen LogP contribution in [0.15, 0.2) is 59.4 Å². The Morgan fingerprint density at radius 1 is 1.07 bits per heavy atom. The monoisotopic (exact) mass is 364 g/mol. The van der Waals surface area contributed by atoms with Crippen LogP contribution < -0.4 is 10.9 Å². The predicted molar refractivity (Wildman–Crippen MR) is 111 cm³/mol. The Morgan fingerprint density at radius 2 is 1.78 bits per heavy atom. The summed E-state index contributed by atoms with van der Waals surface area (Å²) in [5.41, 5.74) is 1.88. The molecule has 0 aliphatic carbocycles. The molecule has 0 saturated heterocycles. The van der Waals surface area contributed by atoms with E-state index in [0.29, 0.717) is 11.9 Å². The van der Waals surface area contributed by atoms with Gasteiger partial charge in [-0.25, -0.2) is 4.98 Å². The summed E-state index contributed by atoms with van der Waals surface area (Å²) in [5, 5.41) is 4.24. The summed E-state index contributed by atoms with van der Waals surface area (Å²) >= 11 is 0. The van der Waals surface area contributed by atoms with Gasteiger partial charge in [-0.05, 0) is 38.2 Å². The number of hydrogen-bond donors (Lipinski definition) is 1. The number of fused-ring (bicyclic) bond motifs is 1. The summed E-state index contributed by atoms with van der Waals surface area (Å²) in [6, 6.07) is 17.7. The molecule has 0 aliphatic rings. The summed E-state index contributed by atoms with van der Waals surface area (Å²) in [4.78, 5) is 20.3. The fraction of sp³-hybridized carbons (Fsp3) is 0.364. The first-order valence-corrected chi connectivity index (χ1v) is 9.51. The van der Waals surface area contributed by atoms with Gasteiger partial charge in [0.25, 0.3) is 5.56 Å². The Bertz CT molecular complexity index is 934. The number of nitrogens with zero attached hydrogens (tertiary/aromatic N) is 3. The molecule has 0 saturated carbocycles. The molecule has 1 N–H and O–H groups in total. The molecule has 27 heavy (non-hydrogen) atoms.